The maximum Gasteiger partial charge on any atom is 0.127 e. The first-order valence-electron chi connectivity index (χ1n) is 5.87. The minimum atomic E-state index is -0.175. The van der Waals surface area contributed by atoms with Crippen LogP contribution < -0.4 is 5.32 Å². The van der Waals surface area contributed by atoms with Crippen molar-refractivity contribution >= 4 is 11.6 Å². The third kappa shape index (κ3) is 3.09. The molecule has 0 amide bonds. The topological polar surface area (TPSA) is 12.0 Å². The van der Waals surface area contributed by atoms with Crippen molar-refractivity contribution in [2.45, 2.75) is 12.5 Å². The van der Waals surface area contributed by atoms with Gasteiger partial charge in [0, 0.05) is 16.6 Å². The average molecular weight is 264 g/mol. The Bertz CT molecular complexity index is 510. The molecule has 2 rings (SSSR count). The smallest absolute Gasteiger partial charge is 0.127 e. The van der Waals surface area contributed by atoms with Crippen LogP contribution in [0.3, 0.4) is 0 Å². The zero-order valence-corrected chi connectivity index (χ0v) is 10.9. The highest BCUT2D eigenvalue weighted by Gasteiger charge is 2.13. The van der Waals surface area contributed by atoms with Gasteiger partial charge >= 0.3 is 0 Å². The van der Waals surface area contributed by atoms with Crippen LogP contribution >= 0.6 is 11.6 Å². The predicted molar refractivity (Wildman–Crippen MR) is 73.4 cm³/mol. The van der Waals surface area contributed by atoms with E-state index in [1.54, 1.807) is 6.07 Å². The Morgan fingerprint density at radius 1 is 1.11 bits per heavy atom. The number of likely N-dealkylation sites (N-methyl/N-ethyl adjacent to an activating group) is 1. The van der Waals surface area contributed by atoms with Crippen LogP contribution in [0.1, 0.15) is 17.2 Å². The summed E-state index contributed by atoms with van der Waals surface area (Å²) in [6.07, 6.45) is 0.731. The second-order valence-electron chi connectivity index (χ2n) is 4.19. The van der Waals surface area contributed by atoms with E-state index in [1.165, 1.54) is 6.07 Å². The summed E-state index contributed by atoms with van der Waals surface area (Å²) in [5, 5.41) is 3.86. The standard InChI is InChI=1S/C15H15ClFN/c1-18-15(13-4-2-3-5-14(13)17)10-11-6-8-12(16)9-7-11/h2-9,15,18H,10H2,1H3. The fraction of sp³-hybridized carbons (Fsp3) is 0.200. The van der Waals surface area contributed by atoms with E-state index in [2.05, 4.69) is 5.32 Å². The van der Waals surface area contributed by atoms with E-state index in [4.69, 9.17) is 11.6 Å². The normalized spacial score (nSPS) is 12.4. The van der Waals surface area contributed by atoms with Crippen LogP contribution in [-0.4, -0.2) is 7.05 Å². The summed E-state index contributed by atoms with van der Waals surface area (Å²) in [6, 6.07) is 14.5. The molecule has 1 nitrogen and oxygen atoms in total. The Morgan fingerprint density at radius 2 is 1.78 bits per heavy atom. The van der Waals surface area contributed by atoms with Crippen molar-refractivity contribution < 1.29 is 4.39 Å². The van der Waals surface area contributed by atoms with E-state index >= 15 is 0 Å². The van der Waals surface area contributed by atoms with Gasteiger partial charge in [0.2, 0.25) is 0 Å². The van der Waals surface area contributed by atoms with Crippen LogP contribution in [-0.2, 0) is 6.42 Å². The van der Waals surface area contributed by atoms with Crippen LogP contribution in [0.4, 0.5) is 4.39 Å². The van der Waals surface area contributed by atoms with E-state index < -0.39 is 0 Å². The maximum absolute atomic E-state index is 13.7. The molecule has 2 aromatic rings. The molecule has 0 saturated heterocycles. The van der Waals surface area contributed by atoms with E-state index in [0.717, 1.165) is 12.0 Å². The number of hydrogen-bond donors (Lipinski definition) is 1. The Balaban J connectivity index is 2.20. The molecule has 1 N–H and O–H groups in total. The van der Waals surface area contributed by atoms with Gasteiger partial charge in [-0.25, -0.2) is 4.39 Å². The first-order valence-corrected chi connectivity index (χ1v) is 6.24. The van der Waals surface area contributed by atoms with E-state index in [0.29, 0.717) is 10.6 Å². The van der Waals surface area contributed by atoms with Crippen LogP contribution in [0, 0.1) is 5.82 Å². The zero-order valence-electron chi connectivity index (χ0n) is 10.2. The third-order valence-electron chi connectivity index (χ3n) is 2.98. The van der Waals surface area contributed by atoms with Crippen molar-refractivity contribution in [1.82, 2.24) is 5.32 Å². The summed E-state index contributed by atoms with van der Waals surface area (Å²) in [5.74, 6) is -0.175. The summed E-state index contributed by atoms with van der Waals surface area (Å²) < 4.78 is 13.7. The lowest BCUT2D eigenvalue weighted by Gasteiger charge is -2.17. The first-order chi connectivity index (χ1) is 8.70. The van der Waals surface area contributed by atoms with Gasteiger partial charge in [-0.05, 0) is 37.2 Å². The Hall–Kier alpha value is -1.38. The molecule has 0 fully saturated rings. The molecular formula is C15H15ClFN. The molecular weight excluding hydrogens is 249 g/mol. The lowest BCUT2D eigenvalue weighted by atomic mass is 9.98. The van der Waals surface area contributed by atoms with Crippen molar-refractivity contribution in [3.8, 4) is 0 Å². The van der Waals surface area contributed by atoms with Gasteiger partial charge in [-0.1, -0.05) is 41.9 Å². The van der Waals surface area contributed by atoms with Gasteiger partial charge in [0.1, 0.15) is 5.82 Å². The first kappa shape index (κ1) is 13.1. The summed E-state index contributed by atoms with van der Waals surface area (Å²) in [4.78, 5) is 0. The van der Waals surface area contributed by atoms with E-state index in [-0.39, 0.29) is 11.9 Å². The fourth-order valence-electron chi connectivity index (χ4n) is 1.98. The molecule has 94 valence electrons. The lowest BCUT2D eigenvalue weighted by Crippen LogP contribution is -2.20. The van der Waals surface area contributed by atoms with Gasteiger partial charge in [-0.15, -0.1) is 0 Å². The van der Waals surface area contributed by atoms with Crippen LogP contribution in [0.25, 0.3) is 0 Å². The molecule has 0 aliphatic heterocycles. The number of halogens is 2. The molecule has 0 aromatic heterocycles. The fourth-order valence-corrected chi connectivity index (χ4v) is 2.11. The molecule has 18 heavy (non-hydrogen) atoms. The van der Waals surface area contributed by atoms with Crippen molar-refractivity contribution in [2.75, 3.05) is 7.05 Å². The average Bonchev–Trinajstić information content (AvgIpc) is 2.39. The molecule has 0 spiro atoms. The van der Waals surface area contributed by atoms with Crippen molar-refractivity contribution in [2.24, 2.45) is 0 Å². The molecule has 0 saturated carbocycles. The van der Waals surface area contributed by atoms with Gasteiger partial charge in [-0.2, -0.15) is 0 Å². The zero-order chi connectivity index (χ0) is 13.0. The largest absolute Gasteiger partial charge is 0.313 e. The quantitative estimate of drug-likeness (QED) is 0.880. The van der Waals surface area contributed by atoms with Crippen molar-refractivity contribution in [3.05, 3.63) is 70.5 Å². The highest BCUT2D eigenvalue weighted by molar-refractivity contribution is 6.30. The SMILES string of the molecule is CNC(Cc1ccc(Cl)cc1)c1ccccc1F. The Morgan fingerprint density at radius 3 is 2.39 bits per heavy atom. The van der Waals surface area contributed by atoms with Crippen LogP contribution in [0.2, 0.25) is 5.02 Å². The molecule has 0 bridgehead atoms. The summed E-state index contributed by atoms with van der Waals surface area (Å²) in [5.41, 5.74) is 1.82. The van der Waals surface area contributed by atoms with Crippen molar-refractivity contribution in [1.29, 1.82) is 0 Å². The molecule has 1 atom stereocenters. The molecule has 2 aromatic carbocycles. The minimum absolute atomic E-state index is 0.0348. The number of nitrogens with one attached hydrogen (secondary N) is 1. The highest BCUT2D eigenvalue weighted by Crippen LogP contribution is 2.21. The van der Waals surface area contributed by atoms with E-state index in [9.17, 15) is 4.39 Å². The highest BCUT2D eigenvalue weighted by atomic mass is 35.5. The summed E-state index contributed by atoms with van der Waals surface area (Å²) >= 11 is 5.85. The van der Waals surface area contributed by atoms with Gasteiger partial charge in [0.25, 0.3) is 0 Å². The molecule has 0 aliphatic rings. The lowest BCUT2D eigenvalue weighted by molar-refractivity contribution is 0.534. The van der Waals surface area contributed by atoms with Gasteiger partial charge in [0.05, 0.1) is 0 Å². The summed E-state index contributed by atoms with van der Waals surface area (Å²) in [6.45, 7) is 0. The molecule has 0 radical (unpaired) electrons. The van der Waals surface area contributed by atoms with Gasteiger partial charge in [-0.3, -0.25) is 0 Å². The van der Waals surface area contributed by atoms with Gasteiger partial charge < -0.3 is 5.32 Å². The van der Waals surface area contributed by atoms with Gasteiger partial charge in [0.15, 0.2) is 0 Å². The summed E-state index contributed by atoms with van der Waals surface area (Å²) in [7, 11) is 1.84. The maximum atomic E-state index is 13.7. The Labute approximate surface area is 112 Å². The van der Waals surface area contributed by atoms with Crippen molar-refractivity contribution in [3.63, 3.8) is 0 Å². The monoisotopic (exact) mass is 263 g/mol. The van der Waals surface area contributed by atoms with Crippen LogP contribution in [0.5, 0.6) is 0 Å². The third-order valence-corrected chi connectivity index (χ3v) is 3.23. The molecule has 1 unspecified atom stereocenters. The molecule has 3 heteroatoms. The molecule has 0 aliphatic carbocycles. The number of benzene rings is 2. The molecule has 0 heterocycles. The van der Waals surface area contributed by atoms with Crippen LogP contribution in [0.15, 0.2) is 48.5 Å². The second-order valence-corrected chi connectivity index (χ2v) is 4.63. The Kier molecular flexibility index (Phi) is 4.34. The number of hydrogen-bond acceptors (Lipinski definition) is 1. The predicted octanol–water partition coefficient (Wildman–Crippen LogP) is 3.98. The minimum Gasteiger partial charge on any atom is -0.313 e. The second kappa shape index (κ2) is 5.98. The number of rotatable bonds is 4. The van der Waals surface area contributed by atoms with E-state index in [1.807, 2.05) is 43.4 Å².